The van der Waals surface area contributed by atoms with Gasteiger partial charge in [0.15, 0.2) is 11.6 Å². The number of aliphatic hydroxyl groups excluding tert-OH is 1. The van der Waals surface area contributed by atoms with Crippen LogP contribution in [0.4, 0.5) is 8.78 Å². The highest BCUT2D eigenvalue weighted by atomic mass is 19.2. The van der Waals surface area contributed by atoms with Crippen molar-refractivity contribution in [3.8, 4) is 0 Å². The first kappa shape index (κ1) is 14.2. The van der Waals surface area contributed by atoms with Gasteiger partial charge in [0.25, 0.3) is 0 Å². The average molecular weight is 293 g/mol. The van der Waals surface area contributed by atoms with E-state index < -0.39 is 11.6 Å². The van der Waals surface area contributed by atoms with E-state index in [1.165, 1.54) is 0 Å². The maximum absolute atomic E-state index is 13.3. The van der Waals surface area contributed by atoms with Crippen LogP contribution in [0.1, 0.15) is 12.8 Å². The van der Waals surface area contributed by atoms with Gasteiger partial charge in [0, 0.05) is 18.7 Å². The maximum atomic E-state index is 13.3. The molecule has 2 atom stereocenters. The number of imidazole rings is 1. The van der Waals surface area contributed by atoms with Crippen LogP contribution < -0.4 is 5.32 Å². The number of nitrogens with zero attached hydrogens (tertiary/aromatic N) is 2. The van der Waals surface area contributed by atoms with E-state index in [4.69, 9.17) is 0 Å². The Labute approximate surface area is 121 Å². The molecule has 0 amide bonds. The molecule has 112 valence electrons. The van der Waals surface area contributed by atoms with E-state index in [9.17, 15) is 13.9 Å². The monoisotopic (exact) mass is 293 g/mol. The van der Waals surface area contributed by atoms with E-state index in [1.807, 2.05) is 12.2 Å². The number of aromatic nitrogens is 2. The summed E-state index contributed by atoms with van der Waals surface area (Å²) in [5.74, 6) is -1.77. The fourth-order valence-electron chi connectivity index (χ4n) is 2.61. The van der Waals surface area contributed by atoms with Gasteiger partial charge in [-0.25, -0.2) is 13.8 Å². The fraction of sp³-hybridized carbons (Fsp3) is 0.400. The standard InChI is InChI=1S/C15H17F2N3O/c16-10-7-13-14(8-11(10)17)20(9-19-13)6-2-3-12-15(21)4-1-5-18-12/h2-3,7-9,12,15,18,21H,1,4-6H2/b3-2+/t12-,15+/m1/s1. The van der Waals surface area contributed by atoms with Gasteiger partial charge in [-0.05, 0) is 19.4 Å². The molecular formula is C15H17F2N3O. The Balaban J connectivity index is 1.74. The average Bonchev–Trinajstić information content (AvgIpc) is 2.84. The number of benzene rings is 1. The lowest BCUT2D eigenvalue weighted by Gasteiger charge is -2.26. The third-order valence-corrected chi connectivity index (χ3v) is 3.78. The third-order valence-electron chi connectivity index (χ3n) is 3.78. The highest BCUT2D eigenvalue weighted by Crippen LogP contribution is 2.17. The summed E-state index contributed by atoms with van der Waals surface area (Å²) in [6, 6.07) is 2.19. The Morgan fingerprint density at radius 2 is 2.19 bits per heavy atom. The number of aliphatic hydroxyl groups is 1. The molecule has 1 aromatic carbocycles. The van der Waals surface area contributed by atoms with Gasteiger partial charge in [-0.3, -0.25) is 0 Å². The third kappa shape index (κ3) is 2.96. The number of nitrogens with one attached hydrogen (secondary N) is 1. The van der Waals surface area contributed by atoms with Gasteiger partial charge in [0.05, 0.1) is 29.5 Å². The Morgan fingerprint density at radius 1 is 1.38 bits per heavy atom. The predicted octanol–water partition coefficient (Wildman–Crippen LogP) is 1.98. The first-order valence-corrected chi connectivity index (χ1v) is 7.03. The minimum absolute atomic E-state index is 0.0530. The van der Waals surface area contributed by atoms with Crippen molar-refractivity contribution in [3.63, 3.8) is 0 Å². The first-order chi connectivity index (χ1) is 10.1. The van der Waals surface area contributed by atoms with Crippen molar-refractivity contribution in [3.05, 3.63) is 42.2 Å². The molecule has 0 saturated carbocycles. The Morgan fingerprint density at radius 3 is 3.00 bits per heavy atom. The van der Waals surface area contributed by atoms with Crippen LogP contribution in [0.15, 0.2) is 30.6 Å². The normalized spacial score (nSPS) is 23.2. The molecule has 3 rings (SSSR count). The zero-order valence-corrected chi connectivity index (χ0v) is 11.5. The molecule has 1 saturated heterocycles. The van der Waals surface area contributed by atoms with Crippen LogP contribution in [0.2, 0.25) is 0 Å². The van der Waals surface area contributed by atoms with Gasteiger partial charge >= 0.3 is 0 Å². The molecule has 0 unspecified atom stereocenters. The van der Waals surface area contributed by atoms with Crippen LogP contribution in [-0.4, -0.2) is 33.3 Å². The summed E-state index contributed by atoms with van der Waals surface area (Å²) in [5.41, 5.74) is 0.980. The summed E-state index contributed by atoms with van der Waals surface area (Å²) in [5, 5.41) is 13.1. The molecule has 4 nitrogen and oxygen atoms in total. The van der Waals surface area contributed by atoms with Gasteiger partial charge < -0.3 is 15.0 Å². The minimum Gasteiger partial charge on any atom is -0.391 e. The Kier molecular flexibility index (Phi) is 3.98. The van der Waals surface area contributed by atoms with Crippen LogP contribution in [0.5, 0.6) is 0 Å². The molecule has 2 N–H and O–H groups in total. The van der Waals surface area contributed by atoms with Gasteiger partial charge in [0.2, 0.25) is 0 Å². The van der Waals surface area contributed by atoms with Crippen molar-refractivity contribution in [2.24, 2.45) is 0 Å². The van der Waals surface area contributed by atoms with Crippen LogP contribution >= 0.6 is 0 Å². The van der Waals surface area contributed by atoms with E-state index >= 15 is 0 Å². The summed E-state index contributed by atoms with van der Waals surface area (Å²) in [7, 11) is 0. The number of hydrogen-bond donors (Lipinski definition) is 2. The summed E-state index contributed by atoms with van der Waals surface area (Å²) in [6.45, 7) is 1.39. The van der Waals surface area contributed by atoms with Crippen LogP contribution in [0.3, 0.4) is 0 Å². The molecule has 0 spiro atoms. The van der Waals surface area contributed by atoms with Crippen molar-refractivity contribution >= 4 is 11.0 Å². The van der Waals surface area contributed by atoms with E-state index in [0.29, 0.717) is 17.6 Å². The fourth-order valence-corrected chi connectivity index (χ4v) is 2.61. The molecule has 1 aromatic heterocycles. The molecule has 21 heavy (non-hydrogen) atoms. The van der Waals surface area contributed by atoms with Gasteiger partial charge in [0.1, 0.15) is 0 Å². The van der Waals surface area contributed by atoms with E-state index in [0.717, 1.165) is 31.5 Å². The van der Waals surface area contributed by atoms with Crippen molar-refractivity contribution in [1.29, 1.82) is 0 Å². The summed E-state index contributed by atoms with van der Waals surface area (Å²) >= 11 is 0. The Bertz CT molecular complexity index is 668. The largest absolute Gasteiger partial charge is 0.391 e. The molecule has 0 bridgehead atoms. The van der Waals surface area contributed by atoms with Gasteiger partial charge in [-0.1, -0.05) is 12.2 Å². The highest BCUT2D eigenvalue weighted by Gasteiger charge is 2.19. The van der Waals surface area contributed by atoms with Crippen LogP contribution in [0.25, 0.3) is 11.0 Å². The molecule has 2 heterocycles. The minimum atomic E-state index is -0.891. The predicted molar refractivity (Wildman–Crippen MR) is 75.8 cm³/mol. The lowest BCUT2D eigenvalue weighted by Crippen LogP contribution is -2.43. The zero-order valence-electron chi connectivity index (χ0n) is 11.5. The lowest BCUT2D eigenvalue weighted by molar-refractivity contribution is 0.115. The zero-order chi connectivity index (χ0) is 14.8. The lowest BCUT2D eigenvalue weighted by atomic mass is 10.0. The van der Waals surface area contributed by atoms with E-state index in [2.05, 4.69) is 10.3 Å². The Hall–Kier alpha value is -1.79. The number of piperidine rings is 1. The summed E-state index contributed by atoms with van der Waals surface area (Å²) < 4.78 is 28.2. The molecule has 1 aliphatic heterocycles. The van der Waals surface area contributed by atoms with E-state index in [-0.39, 0.29) is 12.1 Å². The quantitative estimate of drug-likeness (QED) is 0.851. The number of rotatable bonds is 3. The second-order valence-electron chi connectivity index (χ2n) is 5.27. The van der Waals surface area contributed by atoms with Crippen molar-refractivity contribution in [1.82, 2.24) is 14.9 Å². The molecule has 6 heteroatoms. The van der Waals surface area contributed by atoms with Crippen LogP contribution in [0, 0.1) is 11.6 Å². The maximum Gasteiger partial charge on any atom is 0.161 e. The van der Waals surface area contributed by atoms with Crippen molar-refractivity contribution < 1.29 is 13.9 Å². The number of hydrogen-bond acceptors (Lipinski definition) is 3. The topological polar surface area (TPSA) is 50.1 Å². The summed E-state index contributed by atoms with van der Waals surface area (Å²) in [4.78, 5) is 4.06. The molecular weight excluding hydrogens is 276 g/mol. The summed E-state index contributed by atoms with van der Waals surface area (Å²) in [6.07, 6.45) is 6.76. The first-order valence-electron chi connectivity index (χ1n) is 7.03. The van der Waals surface area contributed by atoms with E-state index in [1.54, 1.807) is 10.9 Å². The van der Waals surface area contributed by atoms with Crippen molar-refractivity contribution in [2.75, 3.05) is 6.54 Å². The smallest absolute Gasteiger partial charge is 0.161 e. The second-order valence-corrected chi connectivity index (χ2v) is 5.27. The number of allylic oxidation sites excluding steroid dienone is 1. The molecule has 1 aliphatic rings. The van der Waals surface area contributed by atoms with Gasteiger partial charge in [-0.15, -0.1) is 0 Å². The molecule has 2 aromatic rings. The second kappa shape index (κ2) is 5.91. The SMILES string of the molecule is O[C@H]1CCCN[C@@H]1/C=C/Cn1cnc2cc(F)c(F)cc21. The molecule has 1 fully saturated rings. The van der Waals surface area contributed by atoms with Crippen LogP contribution in [-0.2, 0) is 6.54 Å². The number of fused-ring (bicyclic) bond motifs is 1. The molecule has 0 aliphatic carbocycles. The highest BCUT2D eigenvalue weighted by molar-refractivity contribution is 5.75. The van der Waals surface area contributed by atoms with Crippen molar-refractivity contribution in [2.45, 2.75) is 31.5 Å². The van der Waals surface area contributed by atoms with Gasteiger partial charge in [-0.2, -0.15) is 0 Å². The number of halogens is 2. The molecule has 0 radical (unpaired) electrons.